The number of carbonyl (C=O) groups is 4. The number of aliphatic hydroxyl groups is 3. The largest absolute Gasteiger partial charge is 0.508 e. The quantitative estimate of drug-likeness (QED) is 0.206. The van der Waals surface area contributed by atoms with Gasteiger partial charge in [0, 0.05) is 42.1 Å². The number of nitrogens with one attached hydrogen (secondary N) is 1. The first-order chi connectivity index (χ1) is 19.2. The van der Waals surface area contributed by atoms with Crippen LogP contribution in [0.15, 0.2) is 16.9 Å². The number of phenolic OH excluding ortho intramolecular Hbond substituents is 1. The zero-order valence-corrected chi connectivity index (χ0v) is 22.1. The van der Waals surface area contributed by atoms with Crippen molar-refractivity contribution in [2.24, 2.45) is 17.6 Å². The van der Waals surface area contributed by atoms with Crippen LogP contribution < -0.4 is 11.1 Å². The highest BCUT2D eigenvalue weighted by Gasteiger charge is 2.64. The third-order valence-electron chi connectivity index (χ3n) is 9.18. The molecule has 2 heterocycles. The molecule has 6 atom stereocenters. The molecule has 41 heavy (non-hydrogen) atoms. The number of rotatable bonds is 2. The number of nitrogens with zero attached hydrogens (tertiary/aromatic N) is 2. The van der Waals surface area contributed by atoms with Crippen molar-refractivity contribution in [2.75, 3.05) is 26.0 Å². The highest BCUT2D eigenvalue weighted by Crippen LogP contribution is 2.54. The lowest BCUT2D eigenvalue weighted by Crippen LogP contribution is -2.65. The highest BCUT2D eigenvalue weighted by atomic mass is 19.1. The summed E-state index contributed by atoms with van der Waals surface area (Å²) in [5.41, 5.74) is 0.0537. The van der Waals surface area contributed by atoms with Gasteiger partial charge in [-0.05, 0) is 32.9 Å². The maximum Gasteiger partial charge on any atom is 0.255 e. The van der Waals surface area contributed by atoms with E-state index in [4.69, 9.17) is 5.73 Å². The SMILES string of the molecule is CN(C)[C@@H]1C(=O)C(C(N)=O)=C(O)[C@@]2(O)C(=O)C3=C(O)c4c(O)c5c(c(F)c4C[C@H]3C[C@@H]12)CN1C[C@@H](F)C[C@H]1C(=O)N5. The number of aromatic hydroxyl groups is 1. The van der Waals surface area contributed by atoms with Gasteiger partial charge in [0.1, 0.15) is 29.1 Å². The van der Waals surface area contributed by atoms with Crippen LogP contribution in [-0.4, -0.2) is 98.1 Å². The molecule has 218 valence electrons. The Balaban J connectivity index is 1.53. The normalized spacial score (nSPS) is 33.1. The molecule has 0 unspecified atom stereocenters. The number of alkyl halides is 1. The molecule has 2 fully saturated rings. The van der Waals surface area contributed by atoms with E-state index in [0.717, 1.165) is 0 Å². The molecule has 1 saturated carbocycles. The number of phenols is 1. The molecule has 7 N–H and O–H groups in total. The molecule has 14 heteroatoms. The molecular formula is C27H28F2N4O8. The summed E-state index contributed by atoms with van der Waals surface area (Å²) in [6.45, 7) is -0.299. The molecule has 2 aliphatic heterocycles. The van der Waals surface area contributed by atoms with Crippen LogP contribution in [0, 0.1) is 17.7 Å². The number of likely N-dealkylation sites (N-methyl/N-ethyl adjacent to an activating group) is 1. The average Bonchev–Trinajstić information content (AvgIpc) is 3.19. The van der Waals surface area contributed by atoms with Gasteiger partial charge in [-0.1, -0.05) is 0 Å². The maximum absolute atomic E-state index is 16.2. The number of nitrogens with two attached hydrogens (primary N) is 1. The van der Waals surface area contributed by atoms with Gasteiger partial charge in [-0.2, -0.15) is 0 Å². The lowest BCUT2D eigenvalue weighted by Gasteiger charge is -2.50. The summed E-state index contributed by atoms with van der Waals surface area (Å²) >= 11 is 0. The van der Waals surface area contributed by atoms with Crippen molar-refractivity contribution in [3.05, 3.63) is 39.4 Å². The summed E-state index contributed by atoms with van der Waals surface area (Å²) in [6.07, 6.45) is -1.84. The standard InChI is InChI=1S/C27H28F2N4O8/c1-32(2)19-12-4-8-3-10-15(20(34)14(8)23(37)27(12,41)24(38)16(22(19)36)25(30)39)21(35)18-11(17(10)29)7-33-6-9(28)5-13(33)26(40)31-18/h8-9,12-13,19,34-35,38,41H,3-7H2,1-2H3,(H2,30,39)(H,31,40)/t8-,9-,12-,13-,19-,27-/m0/s1. The van der Waals surface area contributed by atoms with Gasteiger partial charge in [-0.3, -0.25) is 29.0 Å². The van der Waals surface area contributed by atoms with Gasteiger partial charge in [0.2, 0.25) is 11.7 Å². The second kappa shape index (κ2) is 8.81. The topological polar surface area (TPSA) is 194 Å². The van der Waals surface area contributed by atoms with E-state index in [1.807, 2.05) is 0 Å². The van der Waals surface area contributed by atoms with Crippen molar-refractivity contribution in [1.82, 2.24) is 9.80 Å². The first-order valence-electron chi connectivity index (χ1n) is 13.1. The fourth-order valence-corrected chi connectivity index (χ4v) is 7.38. The van der Waals surface area contributed by atoms with Gasteiger partial charge in [-0.25, -0.2) is 8.78 Å². The molecule has 5 aliphatic rings. The average molecular weight is 575 g/mol. The van der Waals surface area contributed by atoms with Gasteiger partial charge >= 0.3 is 0 Å². The summed E-state index contributed by atoms with van der Waals surface area (Å²) in [4.78, 5) is 54.8. The molecule has 2 amide bonds. The third-order valence-corrected chi connectivity index (χ3v) is 9.18. The number of aliphatic hydroxyl groups excluding tert-OH is 2. The van der Waals surface area contributed by atoms with Crippen molar-refractivity contribution in [3.63, 3.8) is 0 Å². The summed E-state index contributed by atoms with van der Waals surface area (Å²) in [5.74, 6) is -10.1. The van der Waals surface area contributed by atoms with E-state index in [0.29, 0.717) is 0 Å². The van der Waals surface area contributed by atoms with E-state index < -0.39 is 98.9 Å². The fourth-order valence-electron chi connectivity index (χ4n) is 7.38. The number of benzene rings is 1. The molecule has 0 aromatic heterocycles. The van der Waals surface area contributed by atoms with E-state index >= 15 is 4.39 Å². The Bertz CT molecular complexity index is 1540. The Morgan fingerprint density at radius 1 is 1.15 bits per heavy atom. The van der Waals surface area contributed by atoms with Gasteiger partial charge in [0.05, 0.1) is 23.3 Å². The van der Waals surface area contributed by atoms with Crippen LogP contribution >= 0.6 is 0 Å². The number of Topliss-reactive ketones (excluding diaryl/α,β-unsaturated/α-hetero) is 2. The minimum atomic E-state index is -2.83. The first-order valence-corrected chi connectivity index (χ1v) is 13.1. The summed E-state index contributed by atoms with van der Waals surface area (Å²) in [7, 11) is 2.95. The van der Waals surface area contributed by atoms with Crippen LogP contribution in [0.1, 0.15) is 29.5 Å². The Hall–Kier alpha value is -3.88. The van der Waals surface area contributed by atoms with Crippen LogP contribution in [0.2, 0.25) is 0 Å². The van der Waals surface area contributed by atoms with Gasteiger partial charge in [0.25, 0.3) is 5.91 Å². The Morgan fingerprint density at radius 3 is 2.46 bits per heavy atom. The molecule has 3 aliphatic carbocycles. The Morgan fingerprint density at radius 2 is 1.83 bits per heavy atom. The molecule has 1 aromatic carbocycles. The first kappa shape index (κ1) is 27.3. The third kappa shape index (κ3) is 3.47. The molecule has 12 nitrogen and oxygen atoms in total. The van der Waals surface area contributed by atoms with Crippen LogP contribution in [0.3, 0.4) is 0 Å². The van der Waals surface area contributed by atoms with E-state index in [1.54, 1.807) is 0 Å². The lowest BCUT2D eigenvalue weighted by molar-refractivity contribution is -0.153. The monoisotopic (exact) mass is 574 g/mol. The summed E-state index contributed by atoms with van der Waals surface area (Å²) in [6, 6.07) is -2.16. The minimum absolute atomic E-state index is 0.105. The summed E-state index contributed by atoms with van der Waals surface area (Å²) < 4.78 is 30.3. The predicted octanol–water partition coefficient (Wildman–Crippen LogP) is -0.0324. The van der Waals surface area contributed by atoms with E-state index in [2.05, 4.69) is 5.32 Å². The zero-order valence-electron chi connectivity index (χ0n) is 22.1. The number of primary amides is 1. The van der Waals surface area contributed by atoms with E-state index in [-0.39, 0.29) is 49.2 Å². The smallest absolute Gasteiger partial charge is 0.255 e. The Labute approximate surface area is 231 Å². The summed E-state index contributed by atoms with van der Waals surface area (Å²) in [5, 5.41) is 47.5. The zero-order chi connectivity index (χ0) is 29.9. The van der Waals surface area contributed by atoms with Crippen molar-refractivity contribution < 1.29 is 48.4 Å². The van der Waals surface area contributed by atoms with Crippen LogP contribution in [0.25, 0.3) is 5.76 Å². The van der Waals surface area contributed by atoms with Crippen LogP contribution in [0.5, 0.6) is 5.75 Å². The van der Waals surface area contributed by atoms with Crippen molar-refractivity contribution >= 4 is 34.8 Å². The number of anilines is 1. The second-order valence-electron chi connectivity index (χ2n) is 11.6. The number of amides is 2. The Kier molecular flexibility index (Phi) is 5.86. The fraction of sp³-hybridized carbons (Fsp3) is 0.481. The molecule has 6 rings (SSSR count). The van der Waals surface area contributed by atoms with Gasteiger partial charge < -0.3 is 31.5 Å². The van der Waals surface area contributed by atoms with Crippen molar-refractivity contribution in [2.45, 2.75) is 49.7 Å². The van der Waals surface area contributed by atoms with E-state index in [9.17, 15) is 44.0 Å². The van der Waals surface area contributed by atoms with Crippen LogP contribution in [0.4, 0.5) is 14.5 Å². The van der Waals surface area contributed by atoms with Gasteiger partial charge in [-0.15, -0.1) is 0 Å². The number of ketones is 2. The molecule has 0 radical (unpaired) electrons. The van der Waals surface area contributed by atoms with Crippen LogP contribution in [-0.2, 0) is 32.1 Å². The predicted molar refractivity (Wildman–Crippen MR) is 137 cm³/mol. The molecule has 0 spiro atoms. The number of halogens is 2. The minimum Gasteiger partial charge on any atom is -0.508 e. The maximum atomic E-state index is 16.2. The molecule has 0 bridgehead atoms. The number of carbonyl (C=O) groups excluding carboxylic acids is 4. The molecule has 1 aromatic rings. The lowest BCUT2D eigenvalue weighted by atomic mass is 9.57. The number of fused-ring (bicyclic) bond motifs is 5. The van der Waals surface area contributed by atoms with Gasteiger partial charge in [0.15, 0.2) is 17.1 Å². The highest BCUT2D eigenvalue weighted by molar-refractivity contribution is 6.24. The van der Waals surface area contributed by atoms with E-state index in [1.165, 1.54) is 23.9 Å². The number of hydrogen-bond donors (Lipinski definition) is 6. The molecule has 1 saturated heterocycles. The molecular weight excluding hydrogens is 546 g/mol. The number of hydrogen-bond acceptors (Lipinski definition) is 10. The second-order valence-corrected chi connectivity index (χ2v) is 11.6. The van der Waals surface area contributed by atoms with Crippen molar-refractivity contribution in [3.8, 4) is 5.75 Å². The van der Waals surface area contributed by atoms with Crippen molar-refractivity contribution in [1.29, 1.82) is 0 Å².